The normalized spacial score (nSPS) is 12.3. The summed E-state index contributed by atoms with van der Waals surface area (Å²) in [6, 6.07) is 4.62. The van der Waals surface area contributed by atoms with Gasteiger partial charge in [0.25, 0.3) is 0 Å². The molecule has 0 bridgehead atoms. The van der Waals surface area contributed by atoms with Crippen LogP contribution in [0.25, 0.3) is 0 Å². The smallest absolute Gasteiger partial charge is 0.124 e. The second kappa shape index (κ2) is 7.74. The van der Waals surface area contributed by atoms with E-state index in [1.54, 1.807) is 12.1 Å². The topological polar surface area (TPSA) is 61.7 Å². The summed E-state index contributed by atoms with van der Waals surface area (Å²) in [4.78, 5) is 0. The Morgan fingerprint density at radius 3 is 2.83 bits per heavy atom. The number of rotatable bonds is 8. The Bertz CT molecular complexity index is 379. The molecule has 4 heteroatoms. The summed E-state index contributed by atoms with van der Waals surface area (Å²) < 4.78 is 5.37. The quantitative estimate of drug-likeness (QED) is 0.490. The number of hydrogen-bond acceptors (Lipinski definition) is 4. The molecule has 0 aliphatic heterocycles. The fraction of sp³-hybridized carbons (Fsp3) is 0.429. The lowest BCUT2D eigenvalue weighted by molar-refractivity contribution is 0.138. The molecule has 0 fully saturated rings. The summed E-state index contributed by atoms with van der Waals surface area (Å²) in [6.07, 6.45) is 2.68. The number of phenols is 2. The maximum absolute atomic E-state index is 9.69. The lowest BCUT2D eigenvalue weighted by atomic mass is 10.1. The number of ether oxygens (including phenoxy) is 1. The molecule has 1 aromatic carbocycles. The van der Waals surface area contributed by atoms with E-state index >= 15 is 0 Å². The number of hydrogen-bond donors (Lipinski definition) is 3. The van der Waals surface area contributed by atoms with Crippen molar-refractivity contribution in [2.75, 3.05) is 19.8 Å². The van der Waals surface area contributed by atoms with Gasteiger partial charge in [0.05, 0.1) is 13.2 Å². The minimum absolute atomic E-state index is 0.00797. The van der Waals surface area contributed by atoms with Gasteiger partial charge in [-0.05, 0) is 19.4 Å². The Balaban J connectivity index is 2.31. The van der Waals surface area contributed by atoms with Gasteiger partial charge in [0.15, 0.2) is 0 Å². The molecule has 1 aromatic rings. The predicted molar refractivity (Wildman–Crippen MR) is 71.8 cm³/mol. The third-order valence-electron chi connectivity index (χ3n) is 2.64. The summed E-state index contributed by atoms with van der Waals surface area (Å²) in [5, 5.41) is 22.1. The Hall–Kier alpha value is -1.52. The van der Waals surface area contributed by atoms with Crippen molar-refractivity contribution >= 4 is 0 Å². The zero-order valence-electron chi connectivity index (χ0n) is 10.7. The van der Waals surface area contributed by atoms with Crippen LogP contribution in [0.5, 0.6) is 11.5 Å². The molecule has 0 spiro atoms. The van der Waals surface area contributed by atoms with Crippen molar-refractivity contribution in [3.8, 4) is 11.5 Å². The minimum atomic E-state index is 0.00797. The second-order valence-electron chi connectivity index (χ2n) is 4.11. The Morgan fingerprint density at radius 2 is 2.17 bits per heavy atom. The third kappa shape index (κ3) is 4.77. The summed E-state index contributed by atoms with van der Waals surface area (Å²) in [6.45, 7) is 7.59. The number of benzene rings is 1. The van der Waals surface area contributed by atoms with Crippen LogP contribution in [0.2, 0.25) is 0 Å². The molecule has 0 aromatic heterocycles. The van der Waals surface area contributed by atoms with Gasteiger partial charge in [-0.2, -0.15) is 0 Å². The van der Waals surface area contributed by atoms with Gasteiger partial charge in [-0.15, -0.1) is 6.58 Å². The standard InChI is InChI=1S/C14H21NO3/c1-3-4-8-18-9-7-15-11(2)13-6-5-12(16)10-14(13)17/h3,5-6,10-11,15-17H,1,4,7-9H2,2H3. The maximum Gasteiger partial charge on any atom is 0.124 e. The maximum atomic E-state index is 9.69. The van der Waals surface area contributed by atoms with Crippen molar-refractivity contribution in [2.24, 2.45) is 0 Å². The SMILES string of the molecule is C=CCCOCCNC(C)c1ccc(O)cc1O. The van der Waals surface area contributed by atoms with Crippen LogP contribution in [0.15, 0.2) is 30.9 Å². The fourth-order valence-electron chi connectivity index (χ4n) is 1.62. The monoisotopic (exact) mass is 251 g/mol. The average molecular weight is 251 g/mol. The molecule has 18 heavy (non-hydrogen) atoms. The molecule has 100 valence electrons. The van der Waals surface area contributed by atoms with Crippen LogP contribution in [0.3, 0.4) is 0 Å². The average Bonchev–Trinajstić information content (AvgIpc) is 2.33. The molecule has 1 atom stereocenters. The van der Waals surface area contributed by atoms with Crippen molar-refractivity contribution < 1.29 is 14.9 Å². The zero-order valence-corrected chi connectivity index (χ0v) is 10.7. The van der Waals surface area contributed by atoms with Gasteiger partial charge < -0.3 is 20.3 Å². The van der Waals surface area contributed by atoms with Crippen LogP contribution in [0.4, 0.5) is 0 Å². The Morgan fingerprint density at radius 1 is 1.39 bits per heavy atom. The van der Waals surface area contributed by atoms with Crippen LogP contribution in [-0.4, -0.2) is 30.0 Å². The Kier molecular flexibility index (Phi) is 6.25. The summed E-state index contributed by atoms with van der Waals surface area (Å²) >= 11 is 0. The van der Waals surface area contributed by atoms with Gasteiger partial charge in [0.1, 0.15) is 11.5 Å². The third-order valence-corrected chi connectivity index (χ3v) is 2.64. The highest BCUT2D eigenvalue weighted by molar-refractivity contribution is 5.40. The predicted octanol–water partition coefficient (Wildman–Crippen LogP) is 2.34. The summed E-state index contributed by atoms with van der Waals surface area (Å²) in [5.41, 5.74) is 0.763. The van der Waals surface area contributed by atoms with Gasteiger partial charge >= 0.3 is 0 Å². The van der Waals surface area contributed by atoms with E-state index in [0.29, 0.717) is 19.8 Å². The first-order chi connectivity index (χ1) is 8.65. The van der Waals surface area contributed by atoms with Gasteiger partial charge in [0, 0.05) is 24.2 Å². The first kappa shape index (κ1) is 14.5. The van der Waals surface area contributed by atoms with E-state index < -0.39 is 0 Å². The van der Waals surface area contributed by atoms with E-state index in [2.05, 4.69) is 11.9 Å². The summed E-state index contributed by atoms with van der Waals surface area (Å²) in [5.74, 6) is 0.166. The van der Waals surface area contributed by atoms with Crippen molar-refractivity contribution in [1.29, 1.82) is 0 Å². The highest BCUT2D eigenvalue weighted by Crippen LogP contribution is 2.27. The first-order valence-corrected chi connectivity index (χ1v) is 6.09. The van der Waals surface area contributed by atoms with E-state index in [1.807, 2.05) is 13.0 Å². The van der Waals surface area contributed by atoms with Crippen LogP contribution in [-0.2, 0) is 4.74 Å². The van der Waals surface area contributed by atoms with Crippen molar-refractivity contribution in [1.82, 2.24) is 5.32 Å². The van der Waals surface area contributed by atoms with Crippen LogP contribution in [0.1, 0.15) is 24.9 Å². The summed E-state index contributed by atoms with van der Waals surface area (Å²) in [7, 11) is 0. The van der Waals surface area contributed by atoms with Gasteiger partial charge in [-0.1, -0.05) is 12.1 Å². The van der Waals surface area contributed by atoms with Crippen molar-refractivity contribution in [2.45, 2.75) is 19.4 Å². The van der Waals surface area contributed by atoms with Gasteiger partial charge in [-0.3, -0.25) is 0 Å². The van der Waals surface area contributed by atoms with Crippen LogP contribution < -0.4 is 5.32 Å². The molecular weight excluding hydrogens is 230 g/mol. The molecule has 1 unspecified atom stereocenters. The van der Waals surface area contributed by atoms with Gasteiger partial charge in [0.2, 0.25) is 0 Å². The molecule has 0 saturated heterocycles. The lowest BCUT2D eigenvalue weighted by Crippen LogP contribution is -2.23. The molecule has 0 aliphatic rings. The minimum Gasteiger partial charge on any atom is -0.508 e. The largest absolute Gasteiger partial charge is 0.508 e. The van der Waals surface area contributed by atoms with Crippen molar-refractivity contribution in [3.63, 3.8) is 0 Å². The first-order valence-electron chi connectivity index (χ1n) is 6.09. The second-order valence-corrected chi connectivity index (χ2v) is 4.11. The van der Waals surface area contributed by atoms with E-state index in [-0.39, 0.29) is 17.5 Å². The highest BCUT2D eigenvalue weighted by atomic mass is 16.5. The Labute approximate surface area is 108 Å². The van der Waals surface area contributed by atoms with E-state index in [0.717, 1.165) is 12.0 Å². The zero-order chi connectivity index (χ0) is 13.4. The van der Waals surface area contributed by atoms with E-state index in [4.69, 9.17) is 4.74 Å². The molecule has 0 radical (unpaired) electrons. The fourth-order valence-corrected chi connectivity index (χ4v) is 1.62. The number of nitrogens with one attached hydrogen (secondary N) is 1. The molecule has 0 aliphatic carbocycles. The number of aromatic hydroxyl groups is 2. The van der Waals surface area contributed by atoms with Gasteiger partial charge in [-0.25, -0.2) is 0 Å². The van der Waals surface area contributed by atoms with Crippen molar-refractivity contribution in [3.05, 3.63) is 36.4 Å². The molecule has 0 heterocycles. The molecular formula is C14H21NO3. The highest BCUT2D eigenvalue weighted by Gasteiger charge is 2.09. The molecule has 3 N–H and O–H groups in total. The lowest BCUT2D eigenvalue weighted by Gasteiger charge is -2.15. The van der Waals surface area contributed by atoms with Crippen LogP contribution >= 0.6 is 0 Å². The number of phenolic OH excluding ortho intramolecular Hbond substituents is 2. The van der Waals surface area contributed by atoms with E-state index in [1.165, 1.54) is 6.07 Å². The van der Waals surface area contributed by atoms with Crippen LogP contribution in [0, 0.1) is 0 Å². The molecule has 4 nitrogen and oxygen atoms in total. The molecule has 0 saturated carbocycles. The van der Waals surface area contributed by atoms with E-state index in [9.17, 15) is 10.2 Å². The molecule has 1 rings (SSSR count). The molecule has 0 amide bonds.